The van der Waals surface area contributed by atoms with E-state index in [-0.39, 0.29) is 5.41 Å². The molecule has 1 atom stereocenters. The topological polar surface area (TPSA) is 62.9 Å². The Kier molecular flexibility index (Phi) is 3.35. The Hall–Kier alpha value is -2.44. The summed E-state index contributed by atoms with van der Waals surface area (Å²) in [6.45, 7) is 6.85. The second kappa shape index (κ2) is 5.58. The van der Waals surface area contributed by atoms with Crippen LogP contribution in [-0.4, -0.2) is 45.0 Å². The van der Waals surface area contributed by atoms with Crippen molar-refractivity contribution in [2.75, 3.05) is 24.6 Å². The number of aromatic nitrogens is 3. The van der Waals surface area contributed by atoms with E-state index in [0.29, 0.717) is 25.3 Å². The lowest BCUT2D eigenvalue weighted by Crippen LogP contribution is -2.47. The highest BCUT2D eigenvalue weighted by Gasteiger charge is 2.64. The maximum Gasteiger partial charge on any atom is 0.183 e. The summed E-state index contributed by atoms with van der Waals surface area (Å²) in [7, 11) is 0. The SMILES string of the molecule is Cc1cc(N2CC[C@](C)(c3ccccc3)C2)cn2nc(C34CC(O)(CO3)C4)nc12. The first-order valence-corrected chi connectivity index (χ1v) is 10.4. The fourth-order valence-corrected chi connectivity index (χ4v) is 5.47. The summed E-state index contributed by atoms with van der Waals surface area (Å²) in [6.07, 6.45) is 4.42. The lowest BCUT2D eigenvalue weighted by Gasteiger charge is -2.38. The van der Waals surface area contributed by atoms with Gasteiger partial charge in [0.05, 0.1) is 24.1 Å². The molecule has 29 heavy (non-hydrogen) atoms. The van der Waals surface area contributed by atoms with Crippen LogP contribution in [0.15, 0.2) is 42.6 Å². The lowest BCUT2D eigenvalue weighted by molar-refractivity contribution is -0.0696. The maximum absolute atomic E-state index is 10.3. The summed E-state index contributed by atoms with van der Waals surface area (Å²) in [4.78, 5) is 7.23. The summed E-state index contributed by atoms with van der Waals surface area (Å²) >= 11 is 0. The smallest absolute Gasteiger partial charge is 0.183 e. The van der Waals surface area contributed by atoms with Gasteiger partial charge in [-0.05, 0) is 30.5 Å². The number of hydrogen-bond donors (Lipinski definition) is 1. The first-order chi connectivity index (χ1) is 13.9. The van der Waals surface area contributed by atoms with Crippen molar-refractivity contribution in [1.82, 2.24) is 14.6 Å². The van der Waals surface area contributed by atoms with Crippen LogP contribution in [0.2, 0.25) is 0 Å². The van der Waals surface area contributed by atoms with Gasteiger partial charge in [0.2, 0.25) is 0 Å². The molecule has 0 unspecified atom stereocenters. The number of aryl methyl sites for hydroxylation is 1. The van der Waals surface area contributed by atoms with Crippen LogP contribution in [-0.2, 0) is 15.8 Å². The molecule has 7 rings (SSSR count). The molecule has 6 nitrogen and oxygen atoms in total. The molecule has 4 aliphatic rings. The molecule has 1 N–H and O–H groups in total. The molecule has 3 aliphatic heterocycles. The Balaban J connectivity index is 1.32. The van der Waals surface area contributed by atoms with Gasteiger partial charge in [-0.3, -0.25) is 0 Å². The van der Waals surface area contributed by atoms with Gasteiger partial charge in [0.15, 0.2) is 11.5 Å². The summed E-state index contributed by atoms with van der Waals surface area (Å²) < 4.78 is 7.78. The lowest BCUT2D eigenvalue weighted by atomic mass is 9.70. The molecule has 0 spiro atoms. The summed E-state index contributed by atoms with van der Waals surface area (Å²) in [6, 6.07) is 13.0. The van der Waals surface area contributed by atoms with E-state index in [9.17, 15) is 5.11 Å². The van der Waals surface area contributed by atoms with Crippen LogP contribution < -0.4 is 4.90 Å². The monoisotopic (exact) mass is 390 g/mol. The summed E-state index contributed by atoms with van der Waals surface area (Å²) in [5.41, 5.74) is 3.55. The van der Waals surface area contributed by atoms with E-state index in [0.717, 1.165) is 30.7 Å². The predicted octanol–water partition coefficient (Wildman–Crippen LogP) is 2.96. The Morgan fingerprint density at radius 1 is 1.17 bits per heavy atom. The third-order valence-corrected chi connectivity index (χ3v) is 7.17. The molecule has 4 fully saturated rings. The van der Waals surface area contributed by atoms with E-state index in [1.165, 1.54) is 11.3 Å². The average Bonchev–Trinajstić information content (AvgIpc) is 3.44. The maximum atomic E-state index is 10.3. The quantitative estimate of drug-likeness (QED) is 0.745. The Morgan fingerprint density at radius 2 is 1.97 bits per heavy atom. The number of rotatable bonds is 3. The van der Waals surface area contributed by atoms with Crippen molar-refractivity contribution in [2.45, 2.75) is 49.7 Å². The van der Waals surface area contributed by atoms with Crippen molar-refractivity contribution in [1.29, 1.82) is 0 Å². The minimum absolute atomic E-state index is 0.157. The van der Waals surface area contributed by atoms with Crippen molar-refractivity contribution >= 4 is 11.3 Å². The van der Waals surface area contributed by atoms with Crippen LogP contribution >= 0.6 is 0 Å². The predicted molar refractivity (Wildman–Crippen MR) is 110 cm³/mol. The molecule has 1 aromatic carbocycles. The molecule has 5 heterocycles. The molecule has 0 radical (unpaired) electrons. The second-order valence-electron chi connectivity index (χ2n) is 9.54. The van der Waals surface area contributed by atoms with Crippen molar-refractivity contribution in [3.05, 3.63) is 59.5 Å². The third kappa shape index (κ3) is 2.49. The van der Waals surface area contributed by atoms with Gasteiger partial charge < -0.3 is 14.7 Å². The number of nitrogens with zero attached hydrogens (tertiary/aromatic N) is 4. The van der Waals surface area contributed by atoms with E-state index in [2.05, 4.69) is 61.3 Å². The normalized spacial score (nSPS) is 33.4. The van der Waals surface area contributed by atoms with Crippen molar-refractivity contribution in [3.8, 4) is 0 Å². The fraction of sp³-hybridized carbons (Fsp3) is 0.478. The van der Waals surface area contributed by atoms with Crippen LogP contribution in [0.3, 0.4) is 0 Å². The minimum Gasteiger partial charge on any atom is -0.387 e. The van der Waals surface area contributed by atoms with Crippen LogP contribution in [0.5, 0.6) is 0 Å². The van der Waals surface area contributed by atoms with Gasteiger partial charge in [0, 0.05) is 31.3 Å². The molecule has 150 valence electrons. The van der Waals surface area contributed by atoms with E-state index >= 15 is 0 Å². The largest absolute Gasteiger partial charge is 0.387 e. The molecule has 3 aromatic rings. The molecule has 0 amide bonds. The van der Waals surface area contributed by atoms with E-state index in [4.69, 9.17) is 14.8 Å². The van der Waals surface area contributed by atoms with Crippen LogP contribution in [0.4, 0.5) is 5.69 Å². The number of benzene rings is 1. The minimum atomic E-state index is -0.671. The number of pyridine rings is 1. The number of aliphatic hydroxyl groups is 1. The van der Waals surface area contributed by atoms with Gasteiger partial charge in [-0.1, -0.05) is 37.3 Å². The molecule has 6 heteroatoms. The van der Waals surface area contributed by atoms with Crippen molar-refractivity contribution in [3.63, 3.8) is 0 Å². The van der Waals surface area contributed by atoms with Gasteiger partial charge >= 0.3 is 0 Å². The van der Waals surface area contributed by atoms with E-state index in [1.54, 1.807) is 0 Å². The van der Waals surface area contributed by atoms with Crippen LogP contribution in [0.25, 0.3) is 5.65 Å². The molecule has 1 aliphatic carbocycles. The van der Waals surface area contributed by atoms with Crippen LogP contribution in [0, 0.1) is 6.92 Å². The molecular weight excluding hydrogens is 364 g/mol. The Labute approximate surface area is 170 Å². The fourth-order valence-electron chi connectivity index (χ4n) is 5.47. The first-order valence-electron chi connectivity index (χ1n) is 10.4. The molecular formula is C23H26N4O2. The zero-order chi connectivity index (χ0) is 19.9. The zero-order valence-corrected chi connectivity index (χ0v) is 16.9. The molecule has 2 bridgehead atoms. The van der Waals surface area contributed by atoms with Crippen molar-refractivity contribution in [2.24, 2.45) is 0 Å². The summed E-state index contributed by atoms with van der Waals surface area (Å²) in [5, 5.41) is 15.0. The second-order valence-corrected chi connectivity index (χ2v) is 9.54. The van der Waals surface area contributed by atoms with Gasteiger partial charge in [-0.15, -0.1) is 5.10 Å². The first kappa shape index (κ1) is 17.4. The number of anilines is 1. The van der Waals surface area contributed by atoms with E-state index < -0.39 is 11.2 Å². The molecule has 3 saturated heterocycles. The highest BCUT2D eigenvalue weighted by molar-refractivity contribution is 5.58. The number of fused-ring (bicyclic) bond motifs is 2. The van der Waals surface area contributed by atoms with Gasteiger partial charge in [0.25, 0.3) is 0 Å². The summed E-state index contributed by atoms with van der Waals surface area (Å²) in [5.74, 6) is 0.704. The highest BCUT2D eigenvalue weighted by atomic mass is 16.5. The van der Waals surface area contributed by atoms with E-state index in [1.807, 2.05) is 4.52 Å². The Bertz CT molecular complexity index is 1100. The number of ether oxygens (including phenoxy) is 1. The van der Waals surface area contributed by atoms with Gasteiger partial charge in [-0.25, -0.2) is 9.50 Å². The van der Waals surface area contributed by atoms with Gasteiger partial charge in [-0.2, -0.15) is 0 Å². The van der Waals surface area contributed by atoms with Crippen LogP contribution in [0.1, 0.15) is 43.1 Å². The number of hydrogen-bond acceptors (Lipinski definition) is 5. The Morgan fingerprint density at radius 3 is 2.69 bits per heavy atom. The third-order valence-electron chi connectivity index (χ3n) is 7.17. The zero-order valence-electron chi connectivity index (χ0n) is 16.9. The highest BCUT2D eigenvalue weighted by Crippen LogP contribution is 2.56. The van der Waals surface area contributed by atoms with Gasteiger partial charge in [0.1, 0.15) is 5.60 Å². The molecule has 2 aromatic heterocycles. The standard InChI is InChI=1S/C23H26N4O2/c1-16-10-18(26-9-8-21(2,14-26)17-6-4-3-5-7-17)11-27-19(16)24-20(25-27)23-12-22(28,13-23)15-29-23/h3-7,10-11,28H,8-9,12-15H2,1-2H3/t21-,22?,23?/m0/s1. The van der Waals surface area contributed by atoms with Crippen molar-refractivity contribution < 1.29 is 9.84 Å². The average molecular weight is 390 g/mol. The molecule has 1 saturated carbocycles.